The van der Waals surface area contributed by atoms with Crippen LogP contribution in [0.4, 0.5) is 0 Å². The lowest BCUT2D eigenvalue weighted by Crippen LogP contribution is -1.74. The van der Waals surface area contributed by atoms with Gasteiger partial charge in [0.2, 0.25) is 0 Å². The maximum Gasteiger partial charge on any atom is 0.0466 e. The van der Waals surface area contributed by atoms with E-state index in [1.807, 2.05) is 0 Å². The van der Waals surface area contributed by atoms with E-state index in [9.17, 15) is 0 Å². The second kappa shape index (κ2) is 13.2. The van der Waals surface area contributed by atoms with E-state index in [2.05, 4.69) is 0 Å². The van der Waals surface area contributed by atoms with Crippen molar-refractivity contribution < 1.29 is 14.2 Å². The Hall–Kier alpha value is 0.170. The molecule has 0 aromatic carbocycles. The Morgan fingerprint density at radius 3 is 0.625 bits per heavy atom. The van der Waals surface area contributed by atoms with Crippen LogP contribution in [-0.2, 0) is 14.2 Å². The molecule has 0 aliphatic carbocycles. The Balaban J connectivity index is 0.000000205. The summed E-state index contributed by atoms with van der Waals surface area (Å²) in [5.74, 6) is 0. The molecule has 16 heavy (non-hydrogen) atoms. The molecule has 98 valence electrons. The molecule has 3 rings (SSSR count). The Labute approximate surface area is 105 Å². The van der Waals surface area contributed by atoms with Gasteiger partial charge in [0.15, 0.2) is 0 Å². The van der Waals surface area contributed by atoms with Crippen LogP contribution >= 0.6 is 12.4 Å². The topological polar surface area (TPSA) is 27.7 Å². The van der Waals surface area contributed by atoms with Crippen molar-refractivity contribution in [3.05, 3.63) is 0 Å². The summed E-state index contributed by atoms with van der Waals surface area (Å²) in [6, 6.07) is 0. The van der Waals surface area contributed by atoms with Crippen molar-refractivity contribution in [1.29, 1.82) is 0 Å². The highest BCUT2D eigenvalue weighted by molar-refractivity contribution is 5.85. The highest BCUT2D eigenvalue weighted by Gasteiger charge is 1.95. The molecule has 0 atom stereocenters. The molecule has 0 radical (unpaired) electrons. The van der Waals surface area contributed by atoms with Crippen LogP contribution < -0.4 is 0 Å². The van der Waals surface area contributed by atoms with Gasteiger partial charge in [-0.3, -0.25) is 0 Å². The Morgan fingerprint density at radius 1 is 0.375 bits per heavy atom. The summed E-state index contributed by atoms with van der Waals surface area (Å²) in [4.78, 5) is 0. The van der Waals surface area contributed by atoms with E-state index in [-0.39, 0.29) is 12.4 Å². The van der Waals surface area contributed by atoms with Gasteiger partial charge in [0, 0.05) is 39.6 Å². The van der Waals surface area contributed by atoms with Crippen molar-refractivity contribution in [2.45, 2.75) is 38.5 Å². The molecule has 0 aromatic heterocycles. The van der Waals surface area contributed by atoms with Crippen LogP contribution in [0, 0.1) is 0 Å². The summed E-state index contributed by atoms with van der Waals surface area (Å²) in [5.41, 5.74) is 0. The standard InChI is InChI=1S/3C4H8O.ClH/c3*1-2-4-5-3-1;/h3*1-4H2;1H. The fourth-order valence-corrected chi connectivity index (χ4v) is 1.53. The summed E-state index contributed by atoms with van der Waals surface area (Å²) < 4.78 is 14.8. The number of halogens is 1. The van der Waals surface area contributed by atoms with Crippen LogP contribution in [0.1, 0.15) is 38.5 Å². The van der Waals surface area contributed by atoms with Crippen LogP contribution in [0.2, 0.25) is 0 Å². The van der Waals surface area contributed by atoms with E-state index >= 15 is 0 Å². The van der Waals surface area contributed by atoms with E-state index < -0.39 is 0 Å². The Kier molecular flexibility index (Phi) is 13.4. The van der Waals surface area contributed by atoms with Gasteiger partial charge < -0.3 is 14.2 Å². The minimum absolute atomic E-state index is 0. The van der Waals surface area contributed by atoms with Gasteiger partial charge >= 0.3 is 0 Å². The van der Waals surface area contributed by atoms with Crippen molar-refractivity contribution in [3.63, 3.8) is 0 Å². The largest absolute Gasteiger partial charge is 0.381 e. The molecule has 3 heterocycles. The lowest BCUT2D eigenvalue weighted by atomic mass is 10.4. The molecule has 0 amide bonds. The van der Waals surface area contributed by atoms with Crippen molar-refractivity contribution in [1.82, 2.24) is 0 Å². The first-order valence-electron chi connectivity index (χ1n) is 6.23. The lowest BCUT2D eigenvalue weighted by molar-refractivity contribution is 0.198. The van der Waals surface area contributed by atoms with Gasteiger partial charge in [-0.25, -0.2) is 0 Å². The van der Waals surface area contributed by atoms with Crippen molar-refractivity contribution in [3.8, 4) is 0 Å². The maximum atomic E-state index is 4.94. The van der Waals surface area contributed by atoms with Crippen LogP contribution in [0.5, 0.6) is 0 Å². The fourth-order valence-electron chi connectivity index (χ4n) is 1.53. The van der Waals surface area contributed by atoms with Gasteiger partial charge in [-0.2, -0.15) is 0 Å². The first kappa shape index (κ1) is 16.2. The first-order chi connectivity index (χ1) is 7.50. The molecular formula is C12H25ClO3. The van der Waals surface area contributed by atoms with Gasteiger partial charge in [0.25, 0.3) is 0 Å². The quantitative estimate of drug-likeness (QED) is 0.664. The summed E-state index contributed by atoms with van der Waals surface area (Å²) in [6.07, 6.45) is 7.67. The minimum atomic E-state index is 0. The third-order valence-corrected chi connectivity index (χ3v) is 2.48. The van der Waals surface area contributed by atoms with Gasteiger partial charge in [0.1, 0.15) is 0 Å². The zero-order valence-corrected chi connectivity index (χ0v) is 10.9. The third-order valence-electron chi connectivity index (χ3n) is 2.48. The third kappa shape index (κ3) is 10.7. The predicted octanol–water partition coefficient (Wildman–Crippen LogP) is 2.81. The number of rotatable bonds is 0. The SMILES string of the molecule is C1CCOC1.C1CCOC1.C1CCOC1.Cl. The summed E-state index contributed by atoms with van der Waals surface area (Å²) >= 11 is 0. The van der Waals surface area contributed by atoms with Crippen LogP contribution in [0.25, 0.3) is 0 Å². The number of hydrogen-bond donors (Lipinski definition) is 0. The number of ether oxygens (including phenoxy) is 3. The van der Waals surface area contributed by atoms with Crippen molar-refractivity contribution >= 4 is 12.4 Å². The molecule has 3 fully saturated rings. The minimum Gasteiger partial charge on any atom is -0.381 e. The summed E-state index contributed by atoms with van der Waals surface area (Å²) in [7, 11) is 0. The molecule has 0 unspecified atom stereocenters. The molecule has 0 N–H and O–H groups in total. The second-order valence-corrected chi connectivity index (χ2v) is 3.96. The lowest BCUT2D eigenvalue weighted by Gasteiger charge is -1.76. The summed E-state index contributed by atoms with van der Waals surface area (Å²) in [6.45, 7) is 6.00. The van der Waals surface area contributed by atoms with E-state index in [4.69, 9.17) is 14.2 Å². The molecule has 3 aliphatic heterocycles. The zero-order chi connectivity index (χ0) is 10.6. The molecule has 0 spiro atoms. The molecule has 0 bridgehead atoms. The second-order valence-electron chi connectivity index (χ2n) is 3.96. The van der Waals surface area contributed by atoms with E-state index in [1.54, 1.807) is 0 Å². The van der Waals surface area contributed by atoms with Crippen molar-refractivity contribution in [2.24, 2.45) is 0 Å². The Bertz CT molecular complexity index is 74.8. The highest BCUT2D eigenvalue weighted by atomic mass is 35.5. The van der Waals surface area contributed by atoms with Gasteiger partial charge in [-0.05, 0) is 38.5 Å². The van der Waals surface area contributed by atoms with E-state index in [0.29, 0.717) is 0 Å². The fraction of sp³-hybridized carbons (Fsp3) is 1.00. The molecule has 3 saturated heterocycles. The maximum absolute atomic E-state index is 4.94. The van der Waals surface area contributed by atoms with Gasteiger partial charge in [0.05, 0.1) is 0 Å². The molecule has 3 aliphatic rings. The Morgan fingerprint density at radius 2 is 0.562 bits per heavy atom. The van der Waals surface area contributed by atoms with Crippen LogP contribution in [0.3, 0.4) is 0 Å². The smallest absolute Gasteiger partial charge is 0.0466 e. The average molecular weight is 253 g/mol. The average Bonchev–Trinajstić information content (AvgIpc) is 3.09. The van der Waals surface area contributed by atoms with Crippen molar-refractivity contribution in [2.75, 3.05) is 39.6 Å². The number of hydrogen-bond acceptors (Lipinski definition) is 3. The summed E-state index contributed by atoms with van der Waals surface area (Å²) in [5, 5.41) is 0. The molecule has 0 saturated carbocycles. The van der Waals surface area contributed by atoms with E-state index in [1.165, 1.54) is 38.5 Å². The molecule has 3 nitrogen and oxygen atoms in total. The molecular weight excluding hydrogens is 228 g/mol. The van der Waals surface area contributed by atoms with E-state index in [0.717, 1.165) is 39.6 Å². The van der Waals surface area contributed by atoms with Gasteiger partial charge in [-0.1, -0.05) is 0 Å². The van der Waals surface area contributed by atoms with Gasteiger partial charge in [-0.15, -0.1) is 12.4 Å². The monoisotopic (exact) mass is 252 g/mol. The molecule has 0 aromatic rings. The first-order valence-corrected chi connectivity index (χ1v) is 6.23. The normalized spacial score (nSPS) is 22.5. The zero-order valence-electron chi connectivity index (χ0n) is 10.1. The van der Waals surface area contributed by atoms with Crippen LogP contribution in [-0.4, -0.2) is 39.6 Å². The van der Waals surface area contributed by atoms with Crippen LogP contribution in [0.15, 0.2) is 0 Å². The molecule has 4 heteroatoms. The highest BCUT2D eigenvalue weighted by Crippen LogP contribution is 1.99. The predicted molar refractivity (Wildman–Crippen MR) is 67.4 cm³/mol.